The van der Waals surface area contributed by atoms with Gasteiger partial charge in [-0.05, 0) is 0 Å². The Bertz CT molecular complexity index is 65.4. The van der Waals surface area contributed by atoms with Crippen molar-refractivity contribution in [1.29, 1.82) is 0 Å². The minimum Gasteiger partial charge on any atom is -0.370 e. The first-order chi connectivity index (χ1) is 4.23. The van der Waals surface area contributed by atoms with Crippen LogP contribution in [0.3, 0.4) is 0 Å². The molecule has 1 saturated carbocycles. The lowest BCUT2D eigenvalue weighted by Crippen LogP contribution is -2.01. The molecule has 0 saturated heterocycles. The number of carbonyl (C=O) groups excluding carboxylic acids is 1. The van der Waals surface area contributed by atoms with Crippen molar-refractivity contribution in [3.05, 3.63) is 0 Å². The SMILES string of the molecule is C1CCCC1.CC(N)=O. The largest absolute Gasteiger partial charge is 0.370 e. The van der Waals surface area contributed by atoms with Gasteiger partial charge in [-0.15, -0.1) is 0 Å². The van der Waals surface area contributed by atoms with Gasteiger partial charge in [-0.25, -0.2) is 0 Å². The van der Waals surface area contributed by atoms with E-state index >= 15 is 0 Å². The third kappa shape index (κ3) is 11.2. The Morgan fingerprint density at radius 2 is 1.22 bits per heavy atom. The van der Waals surface area contributed by atoms with Crippen molar-refractivity contribution in [1.82, 2.24) is 0 Å². The van der Waals surface area contributed by atoms with Gasteiger partial charge in [0.2, 0.25) is 5.91 Å². The summed E-state index contributed by atoms with van der Waals surface area (Å²) in [6.45, 7) is 1.31. The first-order valence-electron chi connectivity index (χ1n) is 3.49. The zero-order valence-electron chi connectivity index (χ0n) is 6.02. The third-order valence-electron chi connectivity index (χ3n) is 1.25. The fourth-order valence-corrected chi connectivity index (χ4v) is 0.884. The molecule has 0 aromatic rings. The predicted octanol–water partition coefficient (Wildman–Crippen LogP) is 1.44. The maximum atomic E-state index is 9.22. The number of primary amides is 1. The number of nitrogens with two attached hydrogens (primary N) is 1. The molecule has 0 aromatic heterocycles. The summed E-state index contributed by atoms with van der Waals surface area (Å²) in [5.74, 6) is -0.333. The molecule has 9 heavy (non-hydrogen) atoms. The highest BCUT2D eigenvalue weighted by molar-refractivity contribution is 5.70. The van der Waals surface area contributed by atoms with Gasteiger partial charge in [-0.2, -0.15) is 0 Å². The van der Waals surface area contributed by atoms with Crippen LogP contribution in [0.4, 0.5) is 0 Å². The van der Waals surface area contributed by atoms with E-state index in [0.717, 1.165) is 0 Å². The molecule has 0 bridgehead atoms. The van der Waals surface area contributed by atoms with E-state index in [1.165, 1.54) is 39.0 Å². The Hall–Kier alpha value is -0.530. The van der Waals surface area contributed by atoms with Crippen LogP contribution in [0.2, 0.25) is 0 Å². The fraction of sp³-hybridized carbons (Fsp3) is 0.857. The van der Waals surface area contributed by atoms with Crippen LogP contribution in [-0.2, 0) is 4.79 Å². The van der Waals surface area contributed by atoms with Gasteiger partial charge in [0.25, 0.3) is 0 Å². The fourth-order valence-electron chi connectivity index (χ4n) is 0.884. The lowest BCUT2D eigenvalue weighted by molar-refractivity contribution is -0.115. The Balaban J connectivity index is 0.000000148. The summed E-state index contributed by atoms with van der Waals surface area (Å²) >= 11 is 0. The lowest BCUT2D eigenvalue weighted by atomic mass is 10.4. The lowest BCUT2D eigenvalue weighted by Gasteiger charge is -1.67. The van der Waals surface area contributed by atoms with Crippen molar-refractivity contribution < 1.29 is 4.79 Å². The molecule has 0 spiro atoms. The molecule has 2 nitrogen and oxygen atoms in total. The molecule has 0 aliphatic heterocycles. The Morgan fingerprint density at radius 1 is 1.11 bits per heavy atom. The summed E-state index contributed by atoms with van der Waals surface area (Å²) in [5.41, 5.74) is 4.47. The van der Waals surface area contributed by atoms with Gasteiger partial charge in [0.15, 0.2) is 0 Å². The maximum Gasteiger partial charge on any atom is 0.214 e. The molecule has 2 heteroatoms. The van der Waals surface area contributed by atoms with Crippen LogP contribution in [0.1, 0.15) is 39.0 Å². The van der Waals surface area contributed by atoms with E-state index in [1.807, 2.05) is 0 Å². The third-order valence-corrected chi connectivity index (χ3v) is 1.25. The molecule has 2 N–H and O–H groups in total. The van der Waals surface area contributed by atoms with Crippen LogP contribution >= 0.6 is 0 Å². The van der Waals surface area contributed by atoms with Crippen LogP contribution in [0, 0.1) is 0 Å². The number of hydrogen-bond acceptors (Lipinski definition) is 1. The highest BCUT2D eigenvalue weighted by Gasteiger charge is 1.95. The number of carbonyl (C=O) groups is 1. The normalized spacial score (nSPS) is 16.1. The first-order valence-corrected chi connectivity index (χ1v) is 3.49. The van der Waals surface area contributed by atoms with Gasteiger partial charge in [-0.3, -0.25) is 4.79 Å². The molecule has 0 radical (unpaired) electrons. The van der Waals surface area contributed by atoms with Gasteiger partial charge in [-0.1, -0.05) is 32.1 Å². The van der Waals surface area contributed by atoms with Gasteiger partial charge in [0, 0.05) is 6.92 Å². The van der Waals surface area contributed by atoms with Crippen LogP contribution in [0.25, 0.3) is 0 Å². The monoisotopic (exact) mass is 129 g/mol. The van der Waals surface area contributed by atoms with Gasteiger partial charge in [0.1, 0.15) is 0 Å². The maximum absolute atomic E-state index is 9.22. The summed E-state index contributed by atoms with van der Waals surface area (Å²) in [5, 5.41) is 0. The summed E-state index contributed by atoms with van der Waals surface area (Å²) in [4.78, 5) is 9.22. The van der Waals surface area contributed by atoms with Crippen molar-refractivity contribution in [2.75, 3.05) is 0 Å². The molecule has 0 heterocycles. The van der Waals surface area contributed by atoms with Crippen LogP contribution < -0.4 is 5.73 Å². The standard InChI is InChI=1S/C5H10.C2H5NO/c1-2-4-5-3-1;1-2(3)4/h1-5H2;1H3,(H2,3,4). The molecule has 1 amide bonds. The van der Waals surface area contributed by atoms with Crippen LogP contribution in [-0.4, -0.2) is 5.91 Å². The topological polar surface area (TPSA) is 43.1 Å². The Morgan fingerprint density at radius 3 is 1.33 bits per heavy atom. The molecular weight excluding hydrogens is 114 g/mol. The molecule has 1 fully saturated rings. The molecule has 54 valence electrons. The average Bonchev–Trinajstić information content (AvgIpc) is 2.11. The zero-order valence-corrected chi connectivity index (χ0v) is 6.02. The summed E-state index contributed by atoms with van der Waals surface area (Å²) in [6, 6.07) is 0. The van der Waals surface area contributed by atoms with Crippen molar-refractivity contribution in [3.63, 3.8) is 0 Å². The van der Waals surface area contributed by atoms with Gasteiger partial charge in [0.05, 0.1) is 0 Å². The van der Waals surface area contributed by atoms with E-state index in [9.17, 15) is 4.79 Å². The molecule has 1 aliphatic rings. The second kappa shape index (κ2) is 5.60. The minimum atomic E-state index is -0.333. The van der Waals surface area contributed by atoms with Crippen molar-refractivity contribution >= 4 is 5.91 Å². The van der Waals surface area contributed by atoms with E-state index in [0.29, 0.717) is 0 Å². The van der Waals surface area contributed by atoms with Crippen LogP contribution in [0.5, 0.6) is 0 Å². The smallest absolute Gasteiger partial charge is 0.214 e. The van der Waals surface area contributed by atoms with Gasteiger partial charge < -0.3 is 5.73 Å². The number of hydrogen-bond donors (Lipinski definition) is 1. The average molecular weight is 129 g/mol. The quantitative estimate of drug-likeness (QED) is 0.528. The van der Waals surface area contributed by atoms with Crippen molar-refractivity contribution in [3.8, 4) is 0 Å². The molecule has 1 aliphatic carbocycles. The summed E-state index contributed by atoms with van der Waals surface area (Å²) < 4.78 is 0. The number of rotatable bonds is 0. The minimum absolute atomic E-state index is 0.333. The van der Waals surface area contributed by atoms with E-state index in [2.05, 4.69) is 5.73 Å². The zero-order chi connectivity index (χ0) is 7.11. The first kappa shape index (κ1) is 8.47. The number of amides is 1. The van der Waals surface area contributed by atoms with E-state index in [-0.39, 0.29) is 5.91 Å². The molecular formula is C7H15NO. The van der Waals surface area contributed by atoms with E-state index in [1.54, 1.807) is 0 Å². The van der Waals surface area contributed by atoms with Crippen molar-refractivity contribution in [2.45, 2.75) is 39.0 Å². The van der Waals surface area contributed by atoms with Crippen LogP contribution in [0.15, 0.2) is 0 Å². The molecule has 0 unspecified atom stereocenters. The highest BCUT2D eigenvalue weighted by atomic mass is 16.1. The summed E-state index contributed by atoms with van der Waals surface area (Å²) in [6.07, 6.45) is 7.50. The molecule has 1 rings (SSSR count). The van der Waals surface area contributed by atoms with Crippen molar-refractivity contribution in [2.24, 2.45) is 5.73 Å². The molecule has 0 atom stereocenters. The molecule has 0 aromatic carbocycles. The highest BCUT2D eigenvalue weighted by Crippen LogP contribution is 2.15. The Labute approximate surface area is 56.4 Å². The van der Waals surface area contributed by atoms with E-state index in [4.69, 9.17) is 0 Å². The Kier molecular flexibility index (Phi) is 5.27. The predicted molar refractivity (Wildman–Crippen MR) is 38.0 cm³/mol. The second-order valence-electron chi connectivity index (χ2n) is 2.38. The summed E-state index contributed by atoms with van der Waals surface area (Å²) in [7, 11) is 0. The van der Waals surface area contributed by atoms with E-state index < -0.39 is 0 Å². The second-order valence-corrected chi connectivity index (χ2v) is 2.38. The van der Waals surface area contributed by atoms with Gasteiger partial charge >= 0.3 is 0 Å².